The molecule has 0 N–H and O–H groups in total. The maximum Gasteiger partial charge on any atom is 0.270 e. The number of benzene rings is 2. The van der Waals surface area contributed by atoms with Gasteiger partial charge in [0, 0.05) is 35.6 Å². The smallest absolute Gasteiger partial charge is 0.258 e. The number of nitro benzene ring substituents is 1. The van der Waals surface area contributed by atoms with E-state index in [-0.39, 0.29) is 16.7 Å². The van der Waals surface area contributed by atoms with Gasteiger partial charge in [-0.05, 0) is 23.3 Å². The number of nitro groups is 1. The van der Waals surface area contributed by atoms with Crippen molar-refractivity contribution in [3.8, 4) is 0 Å². The summed E-state index contributed by atoms with van der Waals surface area (Å²) in [5.41, 5.74) is 4.26. The summed E-state index contributed by atoms with van der Waals surface area (Å²) in [5.74, 6) is 0.432. The lowest BCUT2D eigenvalue weighted by Gasteiger charge is -2.16. The van der Waals surface area contributed by atoms with Gasteiger partial charge in [-0.1, -0.05) is 57.5 Å². The van der Waals surface area contributed by atoms with Crippen LogP contribution in [0.4, 0.5) is 5.69 Å². The Morgan fingerprint density at radius 1 is 1.15 bits per heavy atom. The van der Waals surface area contributed by atoms with E-state index in [0.717, 1.165) is 41.6 Å². The number of hydrogen-bond donors (Lipinski definition) is 0. The number of non-ortho nitro benzene ring substituents is 1. The van der Waals surface area contributed by atoms with Gasteiger partial charge in [0.25, 0.3) is 5.69 Å². The number of unbranched alkanes of at least 4 members (excludes halogenated alkanes) is 1. The highest BCUT2D eigenvalue weighted by molar-refractivity contribution is 5.93. The molecule has 2 aromatic rings. The van der Waals surface area contributed by atoms with Crippen LogP contribution in [0.15, 0.2) is 54.6 Å². The Labute approximate surface area is 161 Å². The van der Waals surface area contributed by atoms with Crippen LogP contribution < -0.4 is 0 Å². The van der Waals surface area contributed by atoms with Gasteiger partial charge in [0.1, 0.15) is 6.54 Å². The van der Waals surface area contributed by atoms with E-state index in [9.17, 15) is 10.1 Å². The number of nitrogens with zero attached hydrogens (tertiary/aromatic N) is 2. The average Bonchev–Trinajstić information content (AvgIpc) is 2.83. The molecular formula is C23H27N2O2+. The first-order chi connectivity index (χ1) is 13.0. The first kappa shape index (κ1) is 19.0. The maximum absolute atomic E-state index is 11.4. The zero-order valence-corrected chi connectivity index (χ0v) is 16.3. The van der Waals surface area contributed by atoms with E-state index in [1.54, 1.807) is 12.1 Å². The predicted octanol–water partition coefficient (Wildman–Crippen LogP) is 5.30. The molecule has 0 aliphatic carbocycles. The van der Waals surface area contributed by atoms with Gasteiger partial charge < -0.3 is 0 Å². The fourth-order valence-corrected chi connectivity index (χ4v) is 3.62. The van der Waals surface area contributed by atoms with Gasteiger partial charge in [-0.25, -0.2) is 4.58 Å². The lowest BCUT2D eigenvalue weighted by Crippen LogP contribution is -2.31. The van der Waals surface area contributed by atoms with Crippen molar-refractivity contribution in [1.29, 1.82) is 0 Å². The monoisotopic (exact) mass is 363 g/mol. The Balaban J connectivity index is 2.23. The molecule has 1 atom stereocenters. The highest BCUT2D eigenvalue weighted by Crippen LogP contribution is 2.32. The third kappa shape index (κ3) is 4.16. The fraction of sp³-hybridized carbons (Fsp3) is 0.348. The first-order valence-electron chi connectivity index (χ1n) is 9.68. The third-order valence-electron chi connectivity index (χ3n) is 5.10. The van der Waals surface area contributed by atoms with Crippen molar-refractivity contribution in [1.82, 2.24) is 0 Å². The molecule has 0 bridgehead atoms. The molecule has 1 aliphatic heterocycles. The molecule has 3 rings (SSSR count). The molecule has 4 nitrogen and oxygen atoms in total. The second-order valence-electron chi connectivity index (χ2n) is 7.43. The van der Waals surface area contributed by atoms with Crippen molar-refractivity contribution in [3.05, 3.63) is 81.4 Å². The molecule has 27 heavy (non-hydrogen) atoms. The van der Waals surface area contributed by atoms with Crippen molar-refractivity contribution in [2.75, 3.05) is 6.54 Å². The normalized spacial score (nSPS) is 16.4. The summed E-state index contributed by atoms with van der Waals surface area (Å²) in [6.45, 7) is 7.64. The van der Waals surface area contributed by atoms with Gasteiger partial charge in [-0.2, -0.15) is 0 Å². The van der Waals surface area contributed by atoms with Crippen molar-refractivity contribution in [2.24, 2.45) is 5.92 Å². The van der Waals surface area contributed by atoms with Crippen molar-refractivity contribution < 1.29 is 9.50 Å². The zero-order valence-electron chi connectivity index (χ0n) is 16.3. The summed E-state index contributed by atoms with van der Waals surface area (Å²) in [6.07, 6.45) is 6.74. The predicted molar refractivity (Wildman–Crippen MR) is 110 cm³/mol. The summed E-state index contributed by atoms with van der Waals surface area (Å²) < 4.78 is 2.40. The average molecular weight is 363 g/mol. The second kappa shape index (κ2) is 8.30. The molecule has 1 unspecified atom stereocenters. The molecule has 1 aliphatic rings. The Bertz CT molecular complexity index is 883. The molecule has 1 heterocycles. The molecule has 140 valence electrons. The minimum atomic E-state index is -0.317. The Kier molecular flexibility index (Phi) is 5.84. The quantitative estimate of drug-likeness (QED) is 0.397. The summed E-state index contributed by atoms with van der Waals surface area (Å²) in [5, 5.41) is 11.4. The summed E-state index contributed by atoms with van der Waals surface area (Å²) in [4.78, 5) is 11.0. The molecule has 0 amide bonds. The standard InChI is InChI=1S/C23H27N2O2/c1-4-5-13-24-16-19-11-12-20(25(26)27)14-21(19)22(15-23(24)17(2)3)18-9-7-6-8-10-18/h6-12,14-17,23H,4-5,13H2,1-3H3/q+1. The first-order valence-corrected chi connectivity index (χ1v) is 9.68. The molecule has 0 fully saturated rings. The van der Waals surface area contributed by atoms with Gasteiger partial charge in [0.15, 0.2) is 12.3 Å². The van der Waals surface area contributed by atoms with Crippen LogP contribution >= 0.6 is 0 Å². The summed E-state index contributed by atoms with van der Waals surface area (Å²) in [7, 11) is 0. The van der Waals surface area contributed by atoms with Crippen LogP contribution in [0.1, 0.15) is 50.3 Å². The molecule has 0 radical (unpaired) electrons. The van der Waals surface area contributed by atoms with E-state index >= 15 is 0 Å². The fourth-order valence-electron chi connectivity index (χ4n) is 3.62. The molecule has 0 aromatic heterocycles. The highest BCUT2D eigenvalue weighted by Gasteiger charge is 2.28. The van der Waals surface area contributed by atoms with Gasteiger partial charge in [0.2, 0.25) is 0 Å². The van der Waals surface area contributed by atoms with Crippen LogP contribution in [0, 0.1) is 16.0 Å². The molecule has 0 spiro atoms. The van der Waals surface area contributed by atoms with Crippen LogP contribution in [0.3, 0.4) is 0 Å². The SMILES string of the molecule is CCCC[N+]1=Cc2ccc([N+](=O)[O-])cc2C(c2ccccc2)=CC1C(C)C. The topological polar surface area (TPSA) is 46.1 Å². The minimum absolute atomic E-state index is 0.132. The largest absolute Gasteiger partial charge is 0.270 e. The van der Waals surface area contributed by atoms with Gasteiger partial charge in [-0.15, -0.1) is 0 Å². The minimum Gasteiger partial charge on any atom is -0.258 e. The van der Waals surface area contributed by atoms with Crippen LogP contribution in [-0.2, 0) is 0 Å². The van der Waals surface area contributed by atoms with Crippen LogP contribution in [0.25, 0.3) is 5.57 Å². The highest BCUT2D eigenvalue weighted by atomic mass is 16.6. The van der Waals surface area contributed by atoms with Crippen molar-refractivity contribution >= 4 is 17.5 Å². The Morgan fingerprint density at radius 3 is 2.52 bits per heavy atom. The Morgan fingerprint density at radius 2 is 1.89 bits per heavy atom. The van der Waals surface area contributed by atoms with E-state index in [2.05, 4.69) is 49.8 Å². The van der Waals surface area contributed by atoms with Gasteiger partial charge in [-0.3, -0.25) is 10.1 Å². The van der Waals surface area contributed by atoms with E-state index in [0.29, 0.717) is 5.92 Å². The van der Waals surface area contributed by atoms with Crippen LogP contribution in [-0.4, -0.2) is 28.3 Å². The summed E-state index contributed by atoms with van der Waals surface area (Å²) >= 11 is 0. The number of rotatable bonds is 6. The maximum atomic E-state index is 11.4. The molecule has 0 saturated heterocycles. The van der Waals surface area contributed by atoms with Crippen LogP contribution in [0.2, 0.25) is 0 Å². The number of fused-ring (bicyclic) bond motifs is 1. The van der Waals surface area contributed by atoms with E-state index in [1.807, 2.05) is 24.3 Å². The molecule has 4 heteroatoms. The van der Waals surface area contributed by atoms with Gasteiger partial charge in [0.05, 0.1) is 4.92 Å². The van der Waals surface area contributed by atoms with E-state index in [1.165, 1.54) is 0 Å². The van der Waals surface area contributed by atoms with Gasteiger partial charge >= 0.3 is 0 Å². The van der Waals surface area contributed by atoms with E-state index in [4.69, 9.17) is 0 Å². The van der Waals surface area contributed by atoms with Crippen molar-refractivity contribution in [2.45, 2.75) is 39.7 Å². The molecule has 0 saturated carbocycles. The molecular weight excluding hydrogens is 336 g/mol. The van der Waals surface area contributed by atoms with E-state index < -0.39 is 0 Å². The van der Waals surface area contributed by atoms with Crippen molar-refractivity contribution in [3.63, 3.8) is 0 Å². The van der Waals surface area contributed by atoms with Crippen LogP contribution in [0.5, 0.6) is 0 Å². The number of hydrogen-bond acceptors (Lipinski definition) is 2. The third-order valence-corrected chi connectivity index (χ3v) is 5.10. The zero-order chi connectivity index (χ0) is 19.4. The Hall–Kier alpha value is -2.75. The molecule has 2 aromatic carbocycles. The lowest BCUT2D eigenvalue weighted by molar-refractivity contribution is -0.557. The second-order valence-corrected chi connectivity index (χ2v) is 7.43. The lowest BCUT2D eigenvalue weighted by atomic mass is 9.91. The summed E-state index contributed by atoms with van der Waals surface area (Å²) in [6, 6.07) is 15.6.